The minimum absolute atomic E-state index is 0.0242. The maximum atomic E-state index is 10.6. The van der Waals surface area contributed by atoms with Crippen molar-refractivity contribution in [2.75, 3.05) is 20.1 Å². The molecule has 0 aliphatic carbocycles. The van der Waals surface area contributed by atoms with Crippen LogP contribution in [0.1, 0.15) is 10.5 Å². The molecule has 0 atom stereocenters. The lowest BCUT2D eigenvalue weighted by Crippen LogP contribution is -2.13. The molecule has 0 spiro atoms. The van der Waals surface area contributed by atoms with Crippen molar-refractivity contribution in [3.05, 3.63) is 0 Å². The second-order valence-corrected chi connectivity index (χ2v) is 1.71. The first-order valence-corrected chi connectivity index (χ1v) is 2.27. The molecule has 1 aliphatic rings. The monoisotopic (exact) mass is 102 g/mol. The molecule has 1 heterocycles. The lowest BCUT2D eigenvalue weighted by atomic mass is 10.4. The Kier molecular flexibility index (Phi) is 0.525. The van der Waals surface area contributed by atoms with Gasteiger partial charge in [0.25, 0.3) is 0 Å². The van der Waals surface area contributed by atoms with Crippen LogP contribution in [0.5, 0.6) is 0 Å². The van der Waals surface area contributed by atoms with E-state index in [2.05, 4.69) is 0 Å². The molecule has 0 N–H and O–H groups in total. The van der Waals surface area contributed by atoms with Gasteiger partial charge in [0.1, 0.15) is 5.78 Å². The van der Waals surface area contributed by atoms with E-state index in [0.29, 0.717) is 13.0 Å². The number of ketones is 1. The number of nitrogens with zero attached hydrogens (tertiary/aromatic N) is 1. The van der Waals surface area contributed by atoms with Crippen LogP contribution in [0.2, 0.25) is 0 Å². The van der Waals surface area contributed by atoms with Crippen molar-refractivity contribution in [2.24, 2.45) is 0 Å². The molecule has 0 amide bonds. The molecule has 0 aromatic heterocycles. The Hall–Kier alpha value is -0.370. The second kappa shape index (κ2) is 1.62. The van der Waals surface area contributed by atoms with Crippen molar-refractivity contribution in [3.8, 4) is 0 Å². The number of likely N-dealkylation sites (N-methyl/N-ethyl adjacent to an activating group) is 1. The predicted molar refractivity (Wildman–Crippen MR) is 27.1 cm³/mol. The van der Waals surface area contributed by atoms with Gasteiger partial charge in [-0.05, 0) is 6.98 Å². The van der Waals surface area contributed by atoms with Crippen molar-refractivity contribution < 1.29 is 8.91 Å². The van der Waals surface area contributed by atoms with Crippen LogP contribution >= 0.6 is 0 Å². The SMILES string of the molecule is [2H]C([2H])([2H])N1CCC(=O)C1. The Morgan fingerprint density at radius 1 is 2.00 bits per heavy atom. The van der Waals surface area contributed by atoms with Gasteiger partial charge >= 0.3 is 0 Å². The zero-order valence-corrected chi connectivity index (χ0v) is 3.98. The summed E-state index contributed by atoms with van der Waals surface area (Å²) < 4.78 is 20.8. The average Bonchev–Trinajstić information content (AvgIpc) is 2.11. The molecule has 1 rings (SSSR count). The third-order valence-corrected chi connectivity index (χ3v) is 1.03. The fourth-order valence-corrected chi connectivity index (χ4v) is 0.631. The van der Waals surface area contributed by atoms with Gasteiger partial charge in [0.15, 0.2) is 0 Å². The van der Waals surface area contributed by atoms with Crippen LogP contribution in [0.15, 0.2) is 0 Å². The normalized spacial score (nSPS) is 32.0. The summed E-state index contributed by atoms with van der Waals surface area (Å²) in [7, 11) is 0. The summed E-state index contributed by atoms with van der Waals surface area (Å²) in [6.07, 6.45) is 0.387. The smallest absolute Gasteiger partial charge is 0.148 e. The molecule has 0 radical (unpaired) electrons. The van der Waals surface area contributed by atoms with E-state index in [0.717, 1.165) is 0 Å². The summed E-state index contributed by atoms with van der Waals surface area (Å²) >= 11 is 0. The summed E-state index contributed by atoms with van der Waals surface area (Å²) in [5.74, 6) is 0.0242. The molecule has 2 heteroatoms. The van der Waals surface area contributed by atoms with Crippen molar-refractivity contribution in [1.29, 1.82) is 0 Å². The van der Waals surface area contributed by atoms with E-state index in [1.807, 2.05) is 0 Å². The third kappa shape index (κ3) is 0.996. The Morgan fingerprint density at radius 3 is 3.14 bits per heavy atom. The van der Waals surface area contributed by atoms with Gasteiger partial charge in [0, 0.05) is 17.1 Å². The number of likely N-dealkylation sites (tertiary alicyclic amines) is 1. The topological polar surface area (TPSA) is 20.3 Å². The number of hydrogen-bond acceptors (Lipinski definition) is 2. The Balaban J connectivity index is 2.53. The van der Waals surface area contributed by atoms with Gasteiger partial charge in [-0.15, -0.1) is 0 Å². The number of carbonyl (C=O) groups excluding carboxylic acids is 1. The molecular formula is C5H9NO. The maximum absolute atomic E-state index is 10.6. The molecule has 7 heavy (non-hydrogen) atoms. The second-order valence-electron chi connectivity index (χ2n) is 1.71. The van der Waals surface area contributed by atoms with Crippen molar-refractivity contribution in [3.63, 3.8) is 0 Å². The Labute approximate surface area is 47.3 Å². The predicted octanol–water partition coefficient (Wildman–Crippen LogP) is -0.109. The first-order chi connectivity index (χ1) is 4.50. The minimum Gasteiger partial charge on any atom is -0.299 e. The van der Waals surface area contributed by atoms with E-state index in [-0.39, 0.29) is 12.3 Å². The van der Waals surface area contributed by atoms with Crippen molar-refractivity contribution >= 4 is 5.78 Å². The van der Waals surface area contributed by atoms with Gasteiger partial charge in [-0.25, -0.2) is 0 Å². The molecule has 0 saturated carbocycles. The largest absolute Gasteiger partial charge is 0.299 e. The average molecular weight is 102 g/mol. The summed E-state index contributed by atoms with van der Waals surface area (Å²) in [6.45, 7) is -1.60. The van der Waals surface area contributed by atoms with E-state index in [1.165, 1.54) is 4.90 Å². The van der Waals surface area contributed by atoms with Crippen LogP contribution in [-0.2, 0) is 4.79 Å². The van der Waals surface area contributed by atoms with Crippen molar-refractivity contribution in [1.82, 2.24) is 4.90 Å². The van der Waals surface area contributed by atoms with Gasteiger partial charge in [-0.2, -0.15) is 0 Å². The molecule has 0 unspecified atom stereocenters. The molecule has 2 nitrogen and oxygen atoms in total. The standard InChI is InChI=1S/C5H9NO/c1-6-3-2-5(7)4-6/h2-4H2,1H3/i1D3. The van der Waals surface area contributed by atoms with Gasteiger partial charge in [-0.3, -0.25) is 9.69 Å². The number of rotatable bonds is 0. The highest BCUT2D eigenvalue weighted by molar-refractivity contribution is 5.82. The zero-order valence-electron chi connectivity index (χ0n) is 6.98. The van der Waals surface area contributed by atoms with Crippen LogP contribution in [0.3, 0.4) is 0 Å². The maximum Gasteiger partial charge on any atom is 0.148 e. The van der Waals surface area contributed by atoms with Crippen LogP contribution in [-0.4, -0.2) is 30.7 Å². The zero-order chi connectivity index (χ0) is 7.78. The third-order valence-electron chi connectivity index (χ3n) is 1.03. The Bertz CT molecular complexity index is 153. The quantitative estimate of drug-likeness (QED) is 0.425. The summed E-state index contributed by atoms with van der Waals surface area (Å²) in [4.78, 5) is 11.8. The van der Waals surface area contributed by atoms with Crippen LogP contribution in [0.4, 0.5) is 0 Å². The number of carbonyl (C=O) groups is 1. The molecule has 0 aromatic rings. The number of Topliss-reactive ketones (excluding diaryl/α,β-unsaturated/α-hetero) is 1. The van der Waals surface area contributed by atoms with Gasteiger partial charge in [0.2, 0.25) is 0 Å². The fourth-order valence-electron chi connectivity index (χ4n) is 0.631. The van der Waals surface area contributed by atoms with Gasteiger partial charge in [0.05, 0.1) is 6.54 Å². The summed E-state index contributed by atoms with van der Waals surface area (Å²) in [6, 6.07) is 0. The molecule has 0 bridgehead atoms. The van der Waals surface area contributed by atoms with Crippen molar-refractivity contribution in [2.45, 2.75) is 6.42 Å². The van der Waals surface area contributed by atoms with E-state index < -0.39 is 6.98 Å². The lowest BCUT2D eigenvalue weighted by Gasteiger charge is -1.99. The molecule has 1 saturated heterocycles. The van der Waals surface area contributed by atoms with Crippen LogP contribution in [0.25, 0.3) is 0 Å². The molecule has 1 fully saturated rings. The van der Waals surface area contributed by atoms with Crippen LogP contribution in [0, 0.1) is 0 Å². The van der Waals surface area contributed by atoms with Gasteiger partial charge < -0.3 is 0 Å². The first kappa shape index (κ1) is 2.27. The van der Waals surface area contributed by atoms with E-state index in [9.17, 15) is 4.79 Å². The summed E-state index contributed by atoms with van der Waals surface area (Å²) in [5, 5.41) is 0. The summed E-state index contributed by atoms with van der Waals surface area (Å²) in [5.41, 5.74) is 0. The minimum atomic E-state index is -2.08. The van der Waals surface area contributed by atoms with Gasteiger partial charge in [-0.1, -0.05) is 0 Å². The van der Waals surface area contributed by atoms with Crippen LogP contribution < -0.4 is 0 Å². The van der Waals surface area contributed by atoms with E-state index >= 15 is 0 Å². The molecule has 40 valence electrons. The molecule has 1 aliphatic heterocycles. The first-order valence-electron chi connectivity index (χ1n) is 3.77. The number of hydrogen-bond donors (Lipinski definition) is 0. The highest BCUT2D eigenvalue weighted by Gasteiger charge is 2.13. The Morgan fingerprint density at radius 2 is 2.86 bits per heavy atom. The highest BCUT2D eigenvalue weighted by atomic mass is 16.1. The fraction of sp³-hybridized carbons (Fsp3) is 0.800. The highest BCUT2D eigenvalue weighted by Crippen LogP contribution is 1.98. The molecular weight excluding hydrogens is 90.1 g/mol. The lowest BCUT2D eigenvalue weighted by molar-refractivity contribution is -0.116. The van der Waals surface area contributed by atoms with E-state index in [4.69, 9.17) is 4.11 Å². The molecule has 0 aromatic carbocycles. The van der Waals surface area contributed by atoms with E-state index in [1.54, 1.807) is 0 Å².